The van der Waals surface area contributed by atoms with Gasteiger partial charge < -0.3 is 10.4 Å². The Kier molecular flexibility index (Phi) is 5.50. The Morgan fingerprint density at radius 1 is 1.32 bits per heavy atom. The Morgan fingerprint density at radius 2 is 1.89 bits per heavy atom. The smallest absolute Gasteiger partial charge is 0.303 e. The number of benzene rings is 1. The van der Waals surface area contributed by atoms with Crippen molar-refractivity contribution in [3.05, 3.63) is 29.8 Å². The first-order valence-corrected chi connectivity index (χ1v) is 7.95. The van der Waals surface area contributed by atoms with E-state index in [1.54, 1.807) is 24.3 Å². The number of aliphatic carboxylic acids is 1. The quantitative estimate of drug-likeness (QED) is 0.744. The van der Waals surface area contributed by atoms with Crippen molar-refractivity contribution in [3.8, 4) is 0 Å². The minimum absolute atomic E-state index is 0.0578. The molecule has 1 unspecified atom stereocenters. The summed E-state index contributed by atoms with van der Waals surface area (Å²) in [5.41, 5.74) is 0.975. The third-order valence-electron chi connectivity index (χ3n) is 2.83. The minimum Gasteiger partial charge on any atom is -0.481 e. The van der Waals surface area contributed by atoms with Crippen molar-refractivity contribution >= 4 is 15.8 Å². The fourth-order valence-corrected chi connectivity index (χ4v) is 2.31. The average Bonchev–Trinajstić information content (AvgIpc) is 2.33. The van der Waals surface area contributed by atoms with Gasteiger partial charge in [0.25, 0.3) is 0 Å². The van der Waals surface area contributed by atoms with E-state index in [4.69, 9.17) is 5.11 Å². The van der Waals surface area contributed by atoms with E-state index in [1.165, 1.54) is 6.26 Å². The highest BCUT2D eigenvalue weighted by Crippen LogP contribution is 2.16. The molecule has 1 aromatic rings. The van der Waals surface area contributed by atoms with Gasteiger partial charge in [-0.25, -0.2) is 8.42 Å². The summed E-state index contributed by atoms with van der Waals surface area (Å²) >= 11 is 0. The van der Waals surface area contributed by atoms with Gasteiger partial charge in [0.1, 0.15) is 0 Å². The van der Waals surface area contributed by atoms with E-state index in [1.807, 2.05) is 6.92 Å². The largest absolute Gasteiger partial charge is 0.481 e. The van der Waals surface area contributed by atoms with Crippen LogP contribution in [-0.2, 0) is 14.6 Å². The van der Waals surface area contributed by atoms with Crippen LogP contribution in [-0.4, -0.2) is 32.3 Å². The van der Waals surface area contributed by atoms with Crippen LogP contribution in [0.25, 0.3) is 0 Å². The molecular weight excluding hydrogens is 266 g/mol. The maximum absolute atomic E-state index is 11.3. The molecule has 0 aromatic heterocycles. The van der Waals surface area contributed by atoms with Gasteiger partial charge in [0.15, 0.2) is 9.84 Å². The molecule has 0 heterocycles. The molecule has 0 bridgehead atoms. The van der Waals surface area contributed by atoms with E-state index < -0.39 is 15.8 Å². The second kappa shape index (κ2) is 6.68. The number of hydrogen-bond donors (Lipinski definition) is 2. The van der Waals surface area contributed by atoms with Crippen molar-refractivity contribution in [3.63, 3.8) is 0 Å². The number of carboxylic acid groups (broad SMARTS) is 1. The van der Waals surface area contributed by atoms with Crippen LogP contribution < -0.4 is 5.32 Å². The van der Waals surface area contributed by atoms with Crippen LogP contribution in [0.1, 0.15) is 31.4 Å². The van der Waals surface area contributed by atoms with Gasteiger partial charge in [0.2, 0.25) is 0 Å². The molecule has 1 rings (SSSR count). The van der Waals surface area contributed by atoms with Gasteiger partial charge >= 0.3 is 5.97 Å². The summed E-state index contributed by atoms with van der Waals surface area (Å²) in [6.45, 7) is 2.57. The summed E-state index contributed by atoms with van der Waals surface area (Å²) in [5, 5.41) is 11.7. The van der Waals surface area contributed by atoms with Crippen molar-refractivity contribution in [1.29, 1.82) is 0 Å². The average molecular weight is 285 g/mol. The standard InChI is InChI=1S/C13H19NO4S/c1-10(14-9-3-4-13(15)16)11-5-7-12(8-6-11)19(2,17)18/h5-8,10,14H,3-4,9H2,1-2H3,(H,15,16). The normalized spacial score (nSPS) is 13.2. The molecule has 2 N–H and O–H groups in total. The van der Waals surface area contributed by atoms with Gasteiger partial charge in [-0.15, -0.1) is 0 Å². The first kappa shape index (κ1) is 15.7. The maximum atomic E-state index is 11.3. The monoisotopic (exact) mass is 285 g/mol. The van der Waals surface area contributed by atoms with Crippen LogP contribution >= 0.6 is 0 Å². The van der Waals surface area contributed by atoms with Gasteiger partial charge in [-0.2, -0.15) is 0 Å². The second-order valence-electron chi connectivity index (χ2n) is 4.51. The van der Waals surface area contributed by atoms with Crippen LogP contribution in [0.4, 0.5) is 0 Å². The fraction of sp³-hybridized carbons (Fsp3) is 0.462. The van der Waals surface area contributed by atoms with Gasteiger partial charge in [-0.05, 0) is 37.6 Å². The van der Waals surface area contributed by atoms with E-state index >= 15 is 0 Å². The molecular formula is C13H19NO4S. The molecule has 0 radical (unpaired) electrons. The molecule has 0 aliphatic carbocycles. The Hall–Kier alpha value is -1.40. The molecule has 0 amide bonds. The zero-order valence-electron chi connectivity index (χ0n) is 11.1. The van der Waals surface area contributed by atoms with Gasteiger partial charge in [0, 0.05) is 18.7 Å². The molecule has 0 aliphatic heterocycles. The van der Waals surface area contributed by atoms with Gasteiger partial charge in [-0.1, -0.05) is 12.1 Å². The molecule has 0 saturated heterocycles. The number of hydrogen-bond acceptors (Lipinski definition) is 4. The lowest BCUT2D eigenvalue weighted by Gasteiger charge is -2.14. The Labute approximate surface area is 113 Å². The SMILES string of the molecule is CC(NCCCC(=O)O)c1ccc(S(C)(=O)=O)cc1. The number of sulfone groups is 1. The first-order valence-electron chi connectivity index (χ1n) is 6.06. The summed E-state index contributed by atoms with van der Waals surface area (Å²) in [7, 11) is -3.16. The van der Waals surface area contributed by atoms with Crippen LogP contribution in [0.3, 0.4) is 0 Å². The number of rotatable bonds is 7. The Balaban J connectivity index is 2.54. The summed E-state index contributed by atoms with van der Waals surface area (Å²) in [5.74, 6) is -0.799. The van der Waals surface area contributed by atoms with E-state index in [-0.39, 0.29) is 12.5 Å². The lowest BCUT2D eigenvalue weighted by molar-refractivity contribution is -0.137. The molecule has 19 heavy (non-hydrogen) atoms. The molecule has 106 valence electrons. The number of carboxylic acids is 1. The molecule has 1 aromatic carbocycles. The predicted molar refractivity (Wildman–Crippen MR) is 72.8 cm³/mol. The highest BCUT2D eigenvalue weighted by Gasteiger charge is 2.09. The molecule has 6 heteroatoms. The van der Waals surface area contributed by atoms with Gasteiger partial charge in [-0.3, -0.25) is 4.79 Å². The lowest BCUT2D eigenvalue weighted by Crippen LogP contribution is -2.20. The van der Waals surface area contributed by atoms with Gasteiger partial charge in [0.05, 0.1) is 4.90 Å². The Morgan fingerprint density at radius 3 is 2.37 bits per heavy atom. The van der Waals surface area contributed by atoms with Crippen LogP contribution in [0.15, 0.2) is 29.2 Å². The minimum atomic E-state index is -3.16. The van der Waals surface area contributed by atoms with E-state index in [0.29, 0.717) is 17.9 Å². The lowest BCUT2D eigenvalue weighted by atomic mass is 10.1. The van der Waals surface area contributed by atoms with Crippen molar-refractivity contribution in [2.75, 3.05) is 12.8 Å². The highest BCUT2D eigenvalue weighted by molar-refractivity contribution is 7.90. The van der Waals surface area contributed by atoms with Crippen molar-refractivity contribution in [2.24, 2.45) is 0 Å². The van der Waals surface area contributed by atoms with E-state index in [0.717, 1.165) is 5.56 Å². The summed E-state index contributed by atoms with van der Waals surface area (Å²) in [6.07, 6.45) is 1.89. The van der Waals surface area contributed by atoms with Crippen LogP contribution in [0.2, 0.25) is 0 Å². The zero-order chi connectivity index (χ0) is 14.5. The van der Waals surface area contributed by atoms with Crippen LogP contribution in [0.5, 0.6) is 0 Å². The highest BCUT2D eigenvalue weighted by atomic mass is 32.2. The summed E-state index contributed by atoms with van der Waals surface area (Å²) < 4.78 is 22.6. The Bertz CT molecular complexity index is 522. The maximum Gasteiger partial charge on any atom is 0.303 e. The van der Waals surface area contributed by atoms with Crippen LogP contribution in [0, 0.1) is 0 Å². The number of nitrogens with one attached hydrogen (secondary N) is 1. The zero-order valence-corrected chi connectivity index (χ0v) is 11.9. The molecule has 0 spiro atoms. The molecule has 0 fully saturated rings. The summed E-state index contributed by atoms with van der Waals surface area (Å²) in [4.78, 5) is 10.7. The van der Waals surface area contributed by atoms with Crippen molar-refractivity contribution < 1.29 is 18.3 Å². The second-order valence-corrected chi connectivity index (χ2v) is 6.53. The molecule has 0 saturated carbocycles. The predicted octanol–water partition coefficient (Wildman–Crippen LogP) is 1.61. The van der Waals surface area contributed by atoms with Crippen molar-refractivity contribution in [1.82, 2.24) is 5.32 Å². The molecule has 1 atom stereocenters. The third kappa shape index (κ3) is 5.40. The fourth-order valence-electron chi connectivity index (χ4n) is 1.68. The topological polar surface area (TPSA) is 83.5 Å². The first-order chi connectivity index (χ1) is 8.80. The van der Waals surface area contributed by atoms with E-state index in [2.05, 4.69) is 5.32 Å². The molecule has 5 nitrogen and oxygen atoms in total. The molecule has 0 aliphatic rings. The van der Waals surface area contributed by atoms with Crippen molar-refractivity contribution in [2.45, 2.75) is 30.7 Å². The van der Waals surface area contributed by atoms with E-state index in [9.17, 15) is 13.2 Å². The summed E-state index contributed by atoms with van der Waals surface area (Å²) in [6, 6.07) is 6.76. The third-order valence-corrected chi connectivity index (χ3v) is 3.95. The number of carbonyl (C=O) groups is 1.